The van der Waals surface area contributed by atoms with Crippen molar-refractivity contribution < 1.29 is 14.3 Å². The number of benzene rings is 2. The van der Waals surface area contributed by atoms with Gasteiger partial charge in [-0.1, -0.05) is 30.3 Å². The van der Waals surface area contributed by atoms with Crippen molar-refractivity contribution in [2.75, 3.05) is 19.7 Å². The highest BCUT2D eigenvalue weighted by molar-refractivity contribution is 5.85. The number of nitrogens with one attached hydrogen (secondary N) is 2. The number of carbonyl (C=O) groups is 1. The van der Waals surface area contributed by atoms with Crippen LogP contribution in [0, 0.1) is 0 Å². The van der Waals surface area contributed by atoms with Gasteiger partial charge in [-0.25, -0.2) is 4.79 Å². The summed E-state index contributed by atoms with van der Waals surface area (Å²) in [6, 6.07) is 15.8. The van der Waals surface area contributed by atoms with E-state index >= 15 is 0 Å². The van der Waals surface area contributed by atoms with Crippen LogP contribution in [0.5, 0.6) is 11.5 Å². The Hall–Kier alpha value is -3.15. The minimum absolute atomic E-state index is 0.0617. The van der Waals surface area contributed by atoms with E-state index in [9.17, 15) is 4.79 Å². The van der Waals surface area contributed by atoms with E-state index in [0.717, 1.165) is 23.4 Å². The smallest absolute Gasteiger partial charge is 0.317 e. The molecule has 2 aliphatic heterocycles. The van der Waals surface area contributed by atoms with Crippen molar-refractivity contribution in [1.29, 1.82) is 0 Å². The van der Waals surface area contributed by atoms with Crippen LogP contribution in [0.4, 0.5) is 4.79 Å². The average Bonchev–Trinajstić information content (AvgIpc) is 3.09. The lowest BCUT2D eigenvalue weighted by Crippen LogP contribution is -2.47. The summed E-state index contributed by atoms with van der Waals surface area (Å²) in [6.07, 6.45) is 0.658. The van der Waals surface area contributed by atoms with E-state index in [1.54, 1.807) is 0 Å². The summed E-state index contributed by atoms with van der Waals surface area (Å²) in [4.78, 5) is 18.0. The van der Waals surface area contributed by atoms with Crippen molar-refractivity contribution in [2.45, 2.75) is 19.1 Å². The van der Waals surface area contributed by atoms with Gasteiger partial charge in [-0.15, -0.1) is 0 Å². The summed E-state index contributed by atoms with van der Waals surface area (Å²) >= 11 is 0. The first-order valence-electron chi connectivity index (χ1n) is 9.27. The number of rotatable bonds is 2. The summed E-state index contributed by atoms with van der Waals surface area (Å²) in [5.74, 6) is 1.48. The maximum atomic E-state index is 12.7. The Labute approximate surface area is 157 Å². The molecule has 6 heteroatoms. The van der Waals surface area contributed by atoms with Crippen molar-refractivity contribution in [3.63, 3.8) is 0 Å². The van der Waals surface area contributed by atoms with Gasteiger partial charge >= 0.3 is 6.03 Å². The molecule has 0 saturated carbocycles. The van der Waals surface area contributed by atoms with Crippen LogP contribution in [-0.4, -0.2) is 41.7 Å². The highest BCUT2D eigenvalue weighted by atomic mass is 16.6. The zero-order chi connectivity index (χ0) is 18.2. The van der Waals surface area contributed by atoms with Crippen molar-refractivity contribution >= 4 is 16.9 Å². The molecule has 1 aromatic heterocycles. The average molecular weight is 363 g/mol. The normalized spacial score (nSPS) is 18.2. The van der Waals surface area contributed by atoms with E-state index in [4.69, 9.17) is 9.47 Å². The molecule has 3 aromatic rings. The standard InChI is InChI=1S/C21H21N3O3/c25-21(22-11-14-13-26-19-7-3-4-8-20(19)27-14)24-10-9-18-16(12-24)15-5-1-2-6-17(15)23-18/h1-8,14,23H,9-13H2,(H,22,25). The van der Waals surface area contributed by atoms with E-state index in [-0.39, 0.29) is 12.1 Å². The van der Waals surface area contributed by atoms with Gasteiger partial charge in [-0.05, 0) is 18.2 Å². The van der Waals surface area contributed by atoms with Gasteiger partial charge in [0, 0.05) is 41.7 Å². The first kappa shape index (κ1) is 16.1. The Morgan fingerprint density at radius 1 is 1.15 bits per heavy atom. The van der Waals surface area contributed by atoms with E-state index in [1.165, 1.54) is 16.6 Å². The van der Waals surface area contributed by atoms with Crippen LogP contribution in [0.1, 0.15) is 11.3 Å². The molecule has 1 atom stereocenters. The first-order valence-corrected chi connectivity index (χ1v) is 9.27. The van der Waals surface area contributed by atoms with Gasteiger partial charge in [0.15, 0.2) is 17.6 Å². The molecule has 6 nitrogen and oxygen atoms in total. The molecule has 2 amide bonds. The van der Waals surface area contributed by atoms with Gasteiger partial charge in [-0.2, -0.15) is 0 Å². The molecule has 27 heavy (non-hydrogen) atoms. The number of aromatic nitrogens is 1. The molecule has 0 aliphatic carbocycles. The van der Waals surface area contributed by atoms with Gasteiger partial charge in [-0.3, -0.25) is 0 Å². The molecule has 2 N–H and O–H groups in total. The molecule has 2 aromatic carbocycles. The van der Waals surface area contributed by atoms with E-state index < -0.39 is 0 Å². The van der Waals surface area contributed by atoms with Crippen molar-refractivity contribution in [1.82, 2.24) is 15.2 Å². The lowest BCUT2D eigenvalue weighted by molar-refractivity contribution is 0.0898. The Balaban J connectivity index is 1.22. The first-order chi connectivity index (χ1) is 13.3. The number of carbonyl (C=O) groups excluding carboxylic acids is 1. The zero-order valence-corrected chi connectivity index (χ0v) is 14.9. The molecule has 3 heterocycles. The third-order valence-corrected chi connectivity index (χ3v) is 5.22. The molecule has 2 aliphatic rings. The summed E-state index contributed by atoms with van der Waals surface area (Å²) in [6.45, 7) is 2.18. The van der Waals surface area contributed by atoms with Crippen LogP contribution in [0.25, 0.3) is 10.9 Å². The summed E-state index contributed by atoms with van der Waals surface area (Å²) < 4.78 is 11.6. The lowest BCUT2D eigenvalue weighted by Gasteiger charge is -2.30. The highest BCUT2D eigenvalue weighted by Crippen LogP contribution is 2.31. The molecule has 0 bridgehead atoms. The second-order valence-electron chi connectivity index (χ2n) is 6.98. The fraction of sp³-hybridized carbons (Fsp3) is 0.286. The van der Waals surface area contributed by atoms with Crippen LogP contribution in [0.15, 0.2) is 48.5 Å². The number of para-hydroxylation sites is 3. The fourth-order valence-electron chi connectivity index (χ4n) is 3.82. The predicted molar refractivity (Wildman–Crippen MR) is 102 cm³/mol. The Morgan fingerprint density at radius 2 is 1.96 bits per heavy atom. The van der Waals surface area contributed by atoms with Crippen LogP contribution < -0.4 is 14.8 Å². The van der Waals surface area contributed by atoms with E-state index in [0.29, 0.717) is 26.2 Å². The monoisotopic (exact) mass is 363 g/mol. The number of ether oxygens (including phenoxy) is 2. The molecule has 1 unspecified atom stereocenters. The van der Waals surface area contributed by atoms with Crippen LogP contribution in [-0.2, 0) is 13.0 Å². The van der Waals surface area contributed by atoms with E-state index in [1.807, 2.05) is 41.3 Å². The molecule has 138 valence electrons. The zero-order valence-electron chi connectivity index (χ0n) is 14.9. The number of hydrogen-bond donors (Lipinski definition) is 2. The van der Waals surface area contributed by atoms with Crippen molar-refractivity contribution in [3.8, 4) is 11.5 Å². The number of hydrogen-bond acceptors (Lipinski definition) is 3. The predicted octanol–water partition coefficient (Wildman–Crippen LogP) is 3.08. The molecular formula is C21H21N3O3. The van der Waals surface area contributed by atoms with Crippen molar-refractivity contribution in [3.05, 3.63) is 59.8 Å². The van der Waals surface area contributed by atoms with E-state index in [2.05, 4.69) is 22.4 Å². The number of H-pyrrole nitrogens is 1. The number of nitrogens with zero attached hydrogens (tertiary/aromatic N) is 1. The van der Waals surface area contributed by atoms with Crippen LogP contribution in [0.3, 0.4) is 0 Å². The SMILES string of the molecule is O=C(NCC1COc2ccccc2O1)N1CCc2[nH]c3ccccc3c2C1. The highest BCUT2D eigenvalue weighted by Gasteiger charge is 2.26. The molecular weight excluding hydrogens is 342 g/mol. The third-order valence-electron chi connectivity index (χ3n) is 5.22. The number of fused-ring (bicyclic) bond motifs is 4. The molecule has 0 spiro atoms. The summed E-state index contributed by atoms with van der Waals surface area (Å²) in [5.41, 5.74) is 3.59. The Kier molecular flexibility index (Phi) is 3.89. The maximum Gasteiger partial charge on any atom is 0.317 e. The summed E-state index contributed by atoms with van der Waals surface area (Å²) in [7, 11) is 0. The molecule has 0 radical (unpaired) electrons. The summed E-state index contributed by atoms with van der Waals surface area (Å²) in [5, 5.41) is 4.20. The molecule has 5 rings (SSSR count). The molecule has 0 fully saturated rings. The number of aromatic amines is 1. The number of amides is 2. The largest absolute Gasteiger partial charge is 0.486 e. The Morgan fingerprint density at radius 3 is 2.89 bits per heavy atom. The van der Waals surface area contributed by atoms with Crippen molar-refractivity contribution in [2.24, 2.45) is 0 Å². The van der Waals surface area contributed by atoms with Crippen LogP contribution >= 0.6 is 0 Å². The van der Waals surface area contributed by atoms with Gasteiger partial charge in [0.25, 0.3) is 0 Å². The van der Waals surface area contributed by atoms with Gasteiger partial charge < -0.3 is 24.7 Å². The molecule has 0 saturated heterocycles. The van der Waals surface area contributed by atoms with Gasteiger partial charge in [0.2, 0.25) is 0 Å². The van der Waals surface area contributed by atoms with Gasteiger partial charge in [0.05, 0.1) is 6.54 Å². The fourth-order valence-corrected chi connectivity index (χ4v) is 3.82. The maximum absolute atomic E-state index is 12.7. The lowest BCUT2D eigenvalue weighted by atomic mass is 10.0. The van der Waals surface area contributed by atoms with Crippen LogP contribution in [0.2, 0.25) is 0 Å². The van der Waals surface area contributed by atoms with Gasteiger partial charge in [0.1, 0.15) is 6.61 Å². The number of urea groups is 1. The second kappa shape index (κ2) is 6.54. The minimum Gasteiger partial charge on any atom is -0.486 e. The third kappa shape index (κ3) is 2.97. The second-order valence-corrected chi connectivity index (χ2v) is 6.98. The quantitative estimate of drug-likeness (QED) is 0.735. The topological polar surface area (TPSA) is 66.6 Å². The minimum atomic E-state index is -0.183. The Bertz CT molecular complexity index is 997.